The minimum absolute atomic E-state index is 0. The molecule has 0 fully saturated rings. The van der Waals surface area contributed by atoms with Gasteiger partial charge in [-0.1, -0.05) is 226 Å². The van der Waals surface area contributed by atoms with Crippen molar-refractivity contribution in [2.24, 2.45) is 0 Å². The molecule has 0 bridgehead atoms. The maximum Gasteiger partial charge on any atom is 2.00 e. The monoisotopic (exact) mass is 2830 g/mol. The number of benzene rings is 13. The van der Waals surface area contributed by atoms with Crippen LogP contribution in [0, 0.1) is 55.4 Å². The summed E-state index contributed by atoms with van der Waals surface area (Å²) >= 11 is 1.77. The van der Waals surface area contributed by atoms with Gasteiger partial charge in [-0.2, -0.15) is 11.3 Å². The van der Waals surface area contributed by atoms with Crippen LogP contribution in [0.15, 0.2) is 431 Å². The van der Waals surface area contributed by atoms with Crippen molar-refractivity contribution in [3.05, 3.63) is 525 Å². The zero-order valence-electron chi connectivity index (χ0n) is 83.6. The molecule has 4 radical (unpaired) electrons. The normalized spacial score (nSPS) is 12.2. The number of thiophene rings is 1. The van der Waals surface area contributed by atoms with Crippen LogP contribution in [0.4, 0.5) is 17.3 Å². The summed E-state index contributed by atoms with van der Waals surface area (Å²) in [5, 5.41) is 6.44. The van der Waals surface area contributed by atoms with Crippen LogP contribution in [0.5, 0.6) is 0 Å². The number of nitrogens with one attached hydrogen (secondary N) is 1. The third-order valence-electron chi connectivity index (χ3n) is 25.0. The molecule has 1 N–H and O–H groups in total. The first-order valence-electron chi connectivity index (χ1n) is 48.7. The molecule has 10 aromatic heterocycles. The molecule has 26 rings (SSSR count). The molecular formula is C128H98Ir4N10PtSSi2-6. The van der Waals surface area contributed by atoms with Gasteiger partial charge in [-0.05, 0) is 143 Å². The smallest absolute Gasteiger partial charge is 0.353 e. The van der Waals surface area contributed by atoms with Crippen molar-refractivity contribution in [3.8, 4) is 101 Å². The van der Waals surface area contributed by atoms with Crippen molar-refractivity contribution >= 4 is 97.3 Å². The van der Waals surface area contributed by atoms with Crippen LogP contribution < -0.4 is 15.3 Å². The summed E-state index contributed by atoms with van der Waals surface area (Å²) in [5.41, 5.74) is 31.5. The standard InChI is InChI=1S/C30H19N3.C30H19N2.C18H14N.C17H24NSi2.C11H6NS.2C11H8N.4Ir.Pt/c1-3-8-20(9-4-1)26-16-14-24-18-22-12-7-13-23-19-25-15-17-27(21-10-5-2-6-11-21)32-30(25)33(28(22)23)29(24)31-26;1-3-9-19(10-4-1)27-16-25-24-15-23-21-13-7-8-14-22(21)30(20-11-5-2-6-12-20)26(23)17-28(24)32-29(25)18-31-27;1-14-12-18(16-10-6-3-7-11-16)19-13-17(14)15-8-4-2-5-9-15;1-19(2,3)15-9-7-8-14(12-15)17-11-10-16(13-18-17)20(4,5)6;1-2-5-9-8(4-1)11-10(13-9)6-3-7-12-11;2*1-2-6-10(7-3-1)11-8-4-5-9-12-11;;;;;/h1-8,10,12-17H,18-19H2;1-9,11-18,30,32H;2-10,12-13H,1H3;7,9-13H,1-6H3;1-3,5-7H;2*1-6,8-9H;;;;;/q-2;6*-1;;;;;+2/i;;1D3;;;;;;;;;. The number of pyridine rings is 8. The van der Waals surface area contributed by atoms with Crippen molar-refractivity contribution in [2.45, 2.75) is 64.9 Å². The zero-order chi connectivity index (χ0) is 98.5. The van der Waals surface area contributed by atoms with Gasteiger partial charge in [0.2, 0.25) is 0 Å². The van der Waals surface area contributed by atoms with E-state index in [1.54, 1.807) is 42.1 Å². The topological polar surface area (TPSA) is 122 Å². The third kappa shape index (κ3) is 24.8. The molecule has 13 aromatic carbocycles. The molecule has 0 amide bonds. The number of anilines is 3. The Hall–Kier alpha value is -13.4. The minimum Gasteiger partial charge on any atom is -0.353 e. The first kappa shape index (κ1) is 103. The van der Waals surface area contributed by atoms with E-state index in [9.17, 15) is 0 Å². The van der Waals surface area contributed by atoms with E-state index in [1.807, 2.05) is 225 Å². The summed E-state index contributed by atoms with van der Waals surface area (Å²) in [7, 11) is -2.54. The van der Waals surface area contributed by atoms with Crippen LogP contribution in [0.25, 0.3) is 143 Å². The van der Waals surface area contributed by atoms with E-state index in [2.05, 4.69) is 304 Å². The van der Waals surface area contributed by atoms with Crippen LogP contribution in [-0.4, -0.2) is 61.0 Å². The summed E-state index contributed by atoms with van der Waals surface area (Å²) in [5.74, 6) is 2.19. The molecule has 12 heterocycles. The van der Waals surface area contributed by atoms with Crippen LogP contribution >= 0.6 is 11.3 Å². The largest absolute Gasteiger partial charge is 2.00 e. The summed E-state index contributed by atoms with van der Waals surface area (Å²) in [4.78, 5) is 42.8. The van der Waals surface area contributed by atoms with E-state index >= 15 is 0 Å². The first-order chi connectivity index (χ1) is 70.3. The maximum absolute atomic E-state index is 7.82. The Morgan fingerprint density at radius 1 is 0.329 bits per heavy atom. The fraction of sp³-hybridized carbons (Fsp3) is 0.0781. The Bertz CT molecular complexity index is 8080. The van der Waals surface area contributed by atoms with Gasteiger partial charge in [-0.25, -0.2) is 0 Å². The first-order valence-corrected chi connectivity index (χ1v) is 55.0. The second kappa shape index (κ2) is 49.7. The molecule has 0 saturated heterocycles. The summed E-state index contributed by atoms with van der Waals surface area (Å²) in [6.45, 7) is 12.0. The maximum atomic E-state index is 7.82. The molecule has 1 unspecified atom stereocenters. The van der Waals surface area contributed by atoms with E-state index < -0.39 is 23.0 Å². The van der Waals surface area contributed by atoms with Crippen molar-refractivity contribution in [2.75, 3.05) is 4.90 Å². The molecular weight excluding hydrogens is 2730 g/mol. The summed E-state index contributed by atoms with van der Waals surface area (Å²) in [6.07, 6.45) is 12.8. The Labute approximate surface area is 933 Å². The average molecular weight is 2830 g/mol. The van der Waals surface area contributed by atoms with Crippen LogP contribution in [-0.2, 0) is 114 Å². The number of para-hydroxylation sites is 1. The minimum atomic E-state index is -2.20. The predicted molar refractivity (Wildman–Crippen MR) is 588 cm³/mol. The molecule has 146 heavy (non-hydrogen) atoms. The van der Waals surface area contributed by atoms with E-state index in [-0.39, 0.29) is 107 Å². The van der Waals surface area contributed by atoms with Crippen molar-refractivity contribution in [1.82, 2.24) is 44.9 Å². The van der Waals surface area contributed by atoms with Gasteiger partial charge in [0.15, 0.2) is 0 Å². The third-order valence-corrected chi connectivity index (χ3v) is 30.2. The molecule has 1 atom stereocenters. The van der Waals surface area contributed by atoms with Gasteiger partial charge in [-0.3, -0.25) is 14.9 Å². The molecule has 10 nitrogen and oxygen atoms in total. The van der Waals surface area contributed by atoms with Crippen molar-refractivity contribution < 1.29 is 106 Å². The van der Waals surface area contributed by atoms with Gasteiger partial charge >= 0.3 is 21.1 Å². The Morgan fingerprint density at radius 3 is 1.34 bits per heavy atom. The number of aromatic nitrogens is 9. The SMILES string of the molecule is C[Si](C)(C)c1ccc(-c2[c-]ccc([Si](C)(C)C)c2)nc1.[2H]C([2H])([2H])c1cc(-c2[c-]cccc2)ncc1-c1ccccc1.[Ir].[Ir].[Ir].[Ir].[Pt+2].[c-]1cccc2sc3cccnc3c12.[c-]1ccccc1-c1cc2c(cn1)[nH]c1cc3c(cc12)-c1ccccc1C3c1ccccc1.[c-]1ccccc1-c1ccc2c(n1)N1c3nc(-c4[c-]cccc4)ccc3Cc3cccc(c31)C2.[c-]1ccccc1-c1ccccn1.[c-]1ccccc1-c1ccccn1. The quantitative estimate of drug-likeness (QED) is 0.0996. The molecule has 3 aliphatic rings. The van der Waals surface area contributed by atoms with Crippen molar-refractivity contribution in [3.63, 3.8) is 0 Å². The number of aromatic amines is 1. The Morgan fingerprint density at radius 2 is 0.801 bits per heavy atom. The average Bonchev–Trinajstić information content (AvgIpc) is 1.57. The number of rotatable bonds is 11. The predicted octanol–water partition coefficient (Wildman–Crippen LogP) is 30.5. The number of hydrogen-bond acceptors (Lipinski definition) is 10. The van der Waals surface area contributed by atoms with Gasteiger partial charge in [0.25, 0.3) is 0 Å². The fourth-order valence-electron chi connectivity index (χ4n) is 17.9. The summed E-state index contributed by atoms with van der Waals surface area (Å²) in [6, 6.07) is 158. The molecule has 23 aromatic rings. The van der Waals surface area contributed by atoms with Crippen LogP contribution in [0.1, 0.15) is 54.5 Å². The van der Waals surface area contributed by atoms with Crippen LogP contribution in [0.2, 0.25) is 39.3 Å². The van der Waals surface area contributed by atoms with E-state index in [0.29, 0.717) is 16.8 Å². The van der Waals surface area contributed by atoms with Gasteiger partial charge in [0, 0.05) is 173 Å². The molecule has 2 aliphatic heterocycles. The Kier molecular flexibility index (Phi) is 34.9. The van der Waals surface area contributed by atoms with E-state index in [0.717, 1.165) is 125 Å². The Balaban J connectivity index is 0.000000134. The molecule has 0 spiro atoms. The second-order valence-electron chi connectivity index (χ2n) is 36.5. The molecule has 0 saturated carbocycles. The van der Waals surface area contributed by atoms with Gasteiger partial charge in [0.1, 0.15) is 11.6 Å². The van der Waals surface area contributed by atoms with Crippen LogP contribution in [0.3, 0.4) is 0 Å². The number of aryl methyl sites for hydroxylation is 1. The number of nitrogens with zero attached hydrogens (tertiary/aromatic N) is 9. The fourth-order valence-corrected chi connectivity index (χ4v) is 21.1. The molecule has 726 valence electrons. The number of hydrogen-bond donors (Lipinski definition) is 1. The molecule has 18 heteroatoms. The number of H-pyrrole nitrogens is 1. The van der Waals surface area contributed by atoms with Gasteiger partial charge in [0.05, 0.1) is 27.4 Å². The van der Waals surface area contributed by atoms with E-state index in [4.69, 9.17) is 14.1 Å². The summed E-state index contributed by atoms with van der Waals surface area (Å²) < 4.78 is 25.9. The zero-order valence-corrected chi connectivity index (χ0v) is 95.2. The number of fused-ring (bicyclic) bond motifs is 13. The second-order valence-corrected chi connectivity index (χ2v) is 47.7. The van der Waals surface area contributed by atoms with Gasteiger partial charge in [-0.15, -0.1) is 280 Å². The van der Waals surface area contributed by atoms with Gasteiger partial charge < -0.3 is 34.9 Å². The molecule has 1 aliphatic carbocycles. The van der Waals surface area contributed by atoms with E-state index in [1.165, 1.54) is 86.3 Å². The van der Waals surface area contributed by atoms with Crippen molar-refractivity contribution in [1.29, 1.82) is 0 Å².